The number of piperidine rings is 1. The third kappa shape index (κ3) is 9.36. The molecule has 12 nitrogen and oxygen atoms in total. The van der Waals surface area contributed by atoms with Crippen LogP contribution < -0.4 is 26.4 Å². The number of ether oxygens (including phenoxy) is 1. The predicted octanol–water partition coefficient (Wildman–Crippen LogP) is 5.87. The van der Waals surface area contributed by atoms with Gasteiger partial charge in [0, 0.05) is 42.9 Å². The minimum absolute atomic E-state index is 0. The molecule has 1 saturated heterocycles. The number of anilines is 3. The molecule has 1 aliphatic carbocycles. The number of hydrogen-bond acceptors (Lipinski definition) is 10. The summed E-state index contributed by atoms with van der Waals surface area (Å²) in [6, 6.07) is 5.58. The van der Waals surface area contributed by atoms with Crippen molar-refractivity contribution in [3.8, 4) is 5.75 Å². The number of carbonyl (C=O) groups is 1. The van der Waals surface area contributed by atoms with Crippen LogP contribution in [0.3, 0.4) is 0 Å². The summed E-state index contributed by atoms with van der Waals surface area (Å²) in [5.41, 5.74) is 7.81. The zero-order valence-corrected chi connectivity index (χ0v) is 26.0. The number of hydrogen-bond donors (Lipinski definition) is 4. The van der Waals surface area contributed by atoms with Crippen molar-refractivity contribution in [2.24, 2.45) is 5.73 Å². The minimum atomic E-state index is -4.78. The molecule has 244 valence electrons. The Labute approximate surface area is 265 Å². The molecule has 2 aromatic heterocycles. The summed E-state index contributed by atoms with van der Waals surface area (Å²) < 4.78 is 42.9. The molecule has 1 aromatic carbocycles. The molecule has 44 heavy (non-hydrogen) atoms. The molecule has 5 rings (SSSR count). The van der Waals surface area contributed by atoms with Gasteiger partial charge >= 0.3 is 12.5 Å². The highest BCUT2D eigenvalue weighted by molar-refractivity contribution is 5.86. The first-order chi connectivity index (χ1) is 20.0. The van der Waals surface area contributed by atoms with Crippen LogP contribution >= 0.6 is 24.8 Å². The fourth-order valence-electron chi connectivity index (χ4n) is 5.19. The molecule has 3 aromatic rings. The Morgan fingerprint density at radius 3 is 2.23 bits per heavy atom. The zero-order valence-electron chi connectivity index (χ0n) is 24.3. The number of amides is 1. The van der Waals surface area contributed by atoms with Gasteiger partial charge in [0.2, 0.25) is 5.95 Å². The molecule has 0 spiro atoms. The van der Waals surface area contributed by atoms with Gasteiger partial charge in [-0.15, -0.1) is 43.0 Å². The summed E-state index contributed by atoms with van der Waals surface area (Å²) >= 11 is 0. The van der Waals surface area contributed by atoms with Crippen LogP contribution in [-0.4, -0.2) is 68.3 Å². The van der Waals surface area contributed by atoms with Crippen LogP contribution in [0.15, 0.2) is 30.6 Å². The fourth-order valence-corrected chi connectivity index (χ4v) is 5.19. The van der Waals surface area contributed by atoms with Crippen LogP contribution in [0.4, 0.5) is 35.4 Å². The minimum Gasteiger partial charge on any atom is -0.406 e. The second kappa shape index (κ2) is 15.1. The molecule has 5 N–H and O–H groups in total. The van der Waals surface area contributed by atoms with E-state index in [1.165, 1.54) is 12.1 Å². The summed E-state index contributed by atoms with van der Waals surface area (Å²) in [5, 5.41) is 11.1. The van der Waals surface area contributed by atoms with E-state index in [0.29, 0.717) is 43.2 Å². The number of benzene rings is 1. The van der Waals surface area contributed by atoms with Gasteiger partial charge in [-0.1, -0.05) is 0 Å². The van der Waals surface area contributed by atoms with Gasteiger partial charge in [-0.2, -0.15) is 9.97 Å². The number of hydroxylamine groups is 2. The highest BCUT2D eigenvalue weighted by Crippen LogP contribution is 2.28. The SMILES string of the molecule is CC(C)n1cnc2c(NC3CCN(OC(=O)Nc4ccc(OC(F)(F)F)cc4)CC3)nc(N[C@H]3CC[C@H](N)CC3)nc21.Cl.Cl. The lowest BCUT2D eigenvalue weighted by molar-refractivity contribution is -0.274. The number of fused-ring (bicyclic) bond motifs is 1. The van der Waals surface area contributed by atoms with Crippen LogP contribution in [-0.2, 0) is 4.84 Å². The Morgan fingerprint density at radius 1 is 0.977 bits per heavy atom. The zero-order chi connectivity index (χ0) is 29.9. The number of carbonyl (C=O) groups excluding carboxylic acids is 1. The number of rotatable bonds is 8. The van der Waals surface area contributed by atoms with Crippen LogP contribution in [0.5, 0.6) is 5.75 Å². The second-order valence-electron chi connectivity index (χ2n) is 11.0. The van der Waals surface area contributed by atoms with Crippen molar-refractivity contribution in [3.63, 3.8) is 0 Å². The molecule has 2 aliphatic rings. The largest absolute Gasteiger partial charge is 0.573 e. The van der Waals surface area contributed by atoms with E-state index in [1.807, 2.05) is 4.57 Å². The number of imidazole rings is 1. The Balaban J connectivity index is 0.00000264. The standard InChI is InChI=1S/C27H36F3N9O3.2ClH/c1-16(2)39-15-32-22-23(36-25(37-24(22)39)34-18-5-3-17(31)4-6-18)33-20-11-13-38(14-12-20)42-26(40)35-19-7-9-21(10-8-19)41-27(28,29)30;;/h7-10,15-18,20H,3-6,11-14,31H2,1-2H3,(H,35,40)(H2,33,34,36,37);2*1H/t17-,18-;;. The molecular formula is C27H38Cl2F3N9O3. The summed E-state index contributed by atoms with van der Waals surface area (Å²) in [6.07, 6.45) is 1.50. The number of nitrogens with one attached hydrogen (secondary N) is 3. The summed E-state index contributed by atoms with van der Waals surface area (Å²) in [5.74, 6) is 0.835. The molecule has 0 radical (unpaired) electrons. The molecule has 2 fully saturated rings. The van der Waals surface area contributed by atoms with Crippen molar-refractivity contribution in [1.82, 2.24) is 24.6 Å². The first-order valence-electron chi connectivity index (χ1n) is 14.2. The number of halogens is 5. The van der Waals surface area contributed by atoms with Gasteiger partial charge in [0.05, 0.1) is 6.33 Å². The molecular weight excluding hydrogens is 626 g/mol. The van der Waals surface area contributed by atoms with Crippen LogP contribution in [0.1, 0.15) is 58.4 Å². The van der Waals surface area contributed by atoms with Crippen molar-refractivity contribution in [3.05, 3.63) is 30.6 Å². The number of nitrogens with zero attached hydrogens (tertiary/aromatic N) is 5. The Kier molecular flexibility index (Phi) is 12.1. The van der Waals surface area contributed by atoms with Crippen LogP contribution in [0, 0.1) is 0 Å². The molecule has 1 saturated carbocycles. The van der Waals surface area contributed by atoms with E-state index in [1.54, 1.807) is 11.4 Å². The molecule has 1 amide bonds. The van der Waals surface area contributed by atoms with Crippen LogP contribution in [0.2, 0.25) is 0 Å². The molecule has 17 heteroatoms. The van der Waals surface area contributed by atoms with Gasteiger partial charge in [-0.25, -0.2) is 9.78 Å². The topological polar surface area (TPSA) is 144 Å². The van der Waals surface area contributed by atoms with E-state index in [0.717, 1.165) is 43.5 Å². The number of nitrogens with two attached hydrogens (primary N) is 1. The van der Waals surface area contributed by atoms with E-state index < -0.39 is 12.5 Å². The highest BCUT2D eigenvalue weighted by Gasteiger charge is 2.31. The van der Waals surface area contributed by atoms with Gasteiger partial charge in [-0.3, -0.25) is 5.32 Å². The quantitative estimate of drug-likeness (QED) is 0.231. The van der Waals surface area contributed by atoms with E-state index in [4.69, 9.17) is 20.5 Å². The maximum atomic E-state index is 12.3. The van der Waals surface area contributed by atoms with Crippen molar-refractivity contribution in [1.29, 1.82) is 0 Å². The smallest absolute Gasteiger partial charge is 0.406 e. The highest BCUT2D eigenvalue weighted by atomic mass is 35.5. The fraction of sp³-hybridized carbons (Fsp3) is 0.556. The maximum Gasteiger partial charge on any atom is 0.573 e. The monoisotopic (exact) mass is 663 g/mol. The third-order valence-corrected chi connectivity index (χ3v) is 7.42. The lowest BCUT2D eigenvalue weighted by Crippen LogP contribution is -2.41. The third-order valence-electron chi connectivity index (χ3n) is 7.42. The van der Waals surface area contributed by atoms with Gasteiger partial charge in [-0.05, 0) is 76.6 Å². The van der Waals surface area contributed by atoms with Crippen molar-refractivity contribution in [2.75, 3.05) is 29.0 Å². The second-order valence-corrected chi connectivity index (χ2v) is 11.0. The average molecular weight is 665 g/mol. The number of alkyl halides is 3. The summed E-state index contributed by atoms with van der Waals surface area (Å²) in [4.78, 5) is 31.9. The van der Waals surface area contributed by atoms with Crippen molar-refractivity contribution >= 4 is 59.5 Å². The van der Waals surface area contributed by atoms with E-state index in [2.05, 4.69) is 39.5 Å². The van der Waals surface area contributed by atoms with Gasteiger partial charge in [0.1, 0.15) is 5.75 Å². The predicted molar refractivity (Wildman–Crippen MR) is 166 cm³/mol. The molecule has 1 aliphatic heterocycles. The van der Waals surface area contributed by atoms with Gasteiger partial charge in [0.25, 0.3) is 0 Å². The first-order valence-corrected chi connectivity index (χ1v) is 14.2. The first kappa shape index (κ1) is 35.2. The Hall–Kier alpha value is -3.27. The summed E-state index contributed by atoms with van der Waals surface area (Å²) in [6.45, 7) is 5.11. The van der Waals surface area contributed by atoms with E-state index >= 15 is 0 Å². The average Bonchev–Trinajstić information content (AvgIpc) is 3.36. The van der Waals surface area contributed by atoms with E-state index in [9.17, 15) is 18.0 Å². The van der Waals surface area contributed by atoms with Crippen molar-refractivity contribution < 1.29 is 27.5 Å². The molecule has 0 atom stereocenters. The Morgan fingerprint density at radius 2 is 1.61 bits per heavy atom. The van der Waals surface area contributed by atoms with Crippen LogP contribution in [0.25, 0.3) is 11.2 Å². The molecule has 0 bridgehead atoms. The lowest BCUT2D eigenvalue weighted by atomic mass is 9.92. The Bertz CT molecular complexity index is 1360. The molecule has 3 heterocycles. The normalized spacial score (nSPS) is 19.5. The summed E-state index contributed by atoms with van der Waals surface area (Å²) in [7, 11) is 0. The maximum absolute atomic E-state index is 12.3. The van der Waals surface area contributed by atoms with E-state index in [-0.39, 0.29) is 60.4 Å². The van der Waals surface area contributed by atoms with Crippen molar-refractivity contribution in [2.45, 2.75) is 82.9 Å². The lowest BCUT2D eigenvalue weighted by Gasteiger charge is -2.31. The molecule has 0 unspecified atom stereocenters. The number of aromatic nitrogens is 4. The van der Waals surface area contributed by atoms with Gasteiger partial charge in [0.15, 0.2) is 17.0 Å². The van der Waals surface area contributed by atoms with Gasteiger partial charge < -0.3 is 30.5 Å².